The molecular weight excluding hydrogens is 292 g/mol. The third-order valence-corrected chi connectivity index (χ3v) is 3.14. The number of nitrogens with one attached hydrogen (secondary N) is 1. The SMILES string of the molecule is O=C(NCc1nccs1)c1cc(F)c([N+](=O)[O-])cc1F. The molecule has 1 aromatic heterocycles. The van der Waals surface area contributed by atoms with E-state index in [1.54, 1.807) is 5.38 Å². The predicted molar refractivity (Wildman–Crippen MR) is 66.3 cm³/mol. The fourth-order valence-electron chi connectivity index (χ4n) is 1.44. The highest BCUT2D eigenvalue weighted by Crippen LogP contribution is 2.21. The van der Waals surface area contributed by atoms with E-state index >= 15 is 0 Å². The lowest BCUT2D eigenvalue weighted by atomic mass is 10.1. The molecule has 0 saturated heterocycles. The number of benzene rings is 1. The normalized spacial score (nSPS) is 10.3. The van der Waals surface area contributed by atoms with Crippen molar-refractivity contribution in [1.29, 1.82) is 0 Å². The van der Waals surface area contributed by atoms with Gasteiger partial charge in [0.05, 0.1) is 23.1 Å². The quantitative estimate of drug-likeness (QED) is 0.693. The van der Waals surface area contributed by atoms with Gasteiger partial charge < -0.3 is 5.32 Å². The van der Waals surface area contributed by atoms with E-state index in [9.17, 15) is 23.7 Å². The zero-order valence-corrected chi connectivity index (χ0v) is 10.6. The minimum atomic E-state index is -1.27. The first-order chi connectivity index (χ1) is 9.49. The van der Waals surface area contributed by atoms with Crippen molar-refractivity contribution in [3.8, 4) is 0 Å². The summed E-state index contributed by atoms with van der Waals surface area (Å²) in [6.45, 7) is 0.0640. The highest BCUT2D eigenvalue weighted by atomic mass is 32.1. The van der Waals surface area contributed by atoms with Crippen molar-refractivity contribution in [2.24, 2.45) is 0 Å². The van der Waals surface area contributed by atoms with E-state index < -0.39 is 33.7 Å². The van der Waals surface area contributed by atoms with Crippen molar-refractivity contribution in [1.82, 2.24) is 10.3 Å². The number of nitrogens with zero attached hydrogens (tertiary/aromatic N) is 2. The number of hydrogen-bond donors (Lipinski definition) is 1. The predicted octanol–water partition coefficient (Wildman–Crippen LogP) is 2.26. The topological polar surface area (TPSA) is 85.1 Å². The molecule has 0 unspecified atom stereocenters. The zero-order valence-electron chi connectivity index (χ0n) is 9.80. The highest BCUT2D eigenvalue weighted by molar-refractivity contribution is 7.09. The van der Waals surface area contributed by atoms with Gasteiger partial charge in [-0.25, -0.2) is 9.37 Å². The van der Waals surface area contributed by atoms with Gasteiger partial charge in [-0.15, -0.1) is 11.3 Å². The van der Waals surface area contributed by atoms with E-state index in [2.05, 4.69) is 10.3 Å². The van der Waals surface area contributed by atoms with Crippen molar-refractivity contribution in [2.75, 3.05) is 0 Å². The first kappa shape index (κ1) is 14.0. The molecule has 2 rings (SSSR count). The van der Waals surface area contributed by atoms with Crippen LogP contribution in [0.4, 0.5) is 14.5 Å². The number of nitro groups is 1. The van der Waals surface area contributed by atoms with Crippen molar-refractivity contribution in [3.05, 3.63) is 56.0 Å². The number of halogens is 2. The molecule has 9 heteroatoms. The van der Waals surface area contributed by atoms with E-state index in [1.165, 1.54) is 17.5 Å². The van der Waals surface area contributed by atoms with E-state index in [-0.39, 0.29) is 6.54 Å². The van der Waals surface area contributed by atoms with Crippen LogP contribution in [0.1, 0.15) is 15.4 Å². The summed E-state index contributed by atoms with van der Waals surface area (Å²) in [5, 5.41) is 15.1. The molecule has 1 aromatic carbocycles. The second-order valence-electron chi connectivity index (χ2n) is 3.65. The van der Waals surface area contributed by atoms with Gasteiger partial charge >= 0.3 is 5.69 Å². The van der Waals surface area contributed by atoms with Crippen LogP contribution in [-0.4, -0.2) is 15.8 Å². The summed E-state index contributed by atoms with van der Waals surface area (Å²) in [4.78, 5) is 25.0. The highest BCUT2D eigenvalue weighted by Gasteiger charge is 2.21. The molecule has 1 amide bonds. The molecule has 0 aliphatic heterocycles. The van der Waals surface area contributed by atoms with Crippen LogP contribution in [-0.2, 0) is 6.54 Å². The van der Waals surface area contributed by atoms with Crippen LogP contribution >= 0.6 is 11.3 Å². The minimum absolute atomic E-state index is 0.0640. The Kier molecular flexibility index (Phi) is 3.99. The summed E-state index contributed by atoms with van der Waals surface area (Å²) in [5.41, 5.74) is -1.61. The van der Waals surface area contributed by atoms with E-state index in [0.29, 0.717) is 17.1 Å². The van der Waals surface area contributed by atoms with Gasteiger partial charge in [-0.2, -0.15) is 4.39 Å². The molecule has 1 heterocycles. The molecule has 0 saturated carbocycles. The Bertz CT molecular complexity index is 661. The van der Waals surface area contributed by atoms with Crippen LogP contribution in [0.25, 0.3) is 0 Å². The largest absolute Gasteiger partial charge is 0.345 e. The summed E-state index contributed by atoms with van der Waals surface area (Å²) in [7, 11) is 0. The first-order valence-electron chi connectivity index (χ1n) is 5.29. The van der Waals surface area contributed by atoms with Crippen molar-refractivity contribution >= 4 is 22.9 Å². The van der Waals surface area contributed by atoms with Gasteiger partial charge in [-0.05, 0) is 6.07 Å². The van der Waals surface area contributed by atoms with Gasteiger partial charge in [-0.3, -0.25) is 14.9 Å². The number of thiazole rings is 1. The molecule has 0 atom stereocenters. The van der Waals surface area contributed by atoms with Crippen molar-refractivity contribution in [2.45, 2.75) is 6.54 Å². The maximum Gasteiger partial charge on any atom is 0.307 e. The smallest absolute Gasteiger partial charge is 0.307 e. The average molecular weight is 299 g/mol. The van der Waals surface area contributed by atoms with Gasteiger partial charge in [0.15, 0.2) is 0 Å². The van der Waals surface area contributed by atoms with Crippen LogP contribution in [0.5, 0.6) is 0 Å². The summed E-state index contributed by atoms with van der Waals surface area (Å²) in [6.07, 6.45) is 1.54. The number of hydrogen-bond acceptors (Lipinski definition) is 5. The van der Waals surface area contributed by atoms with Crippen LogP contribution in [0.2, 0.25) is 0 Å². The van der Waals surface area contributed by atoms with Gasteiger partial charge in [0.2, 0.25) is 5.82 Å². The Labute approximate surface area is 115 Å². The van der Waals surface area contributed by atoms with Crippen LogP contribution in [0.3, 0.4) is 0 Å². The molecule has 0 aliphatic rings. The summed E-state index contributed by atoms with van der Waals surface area (Å²) >= 11 is 1.29. The van der Waals surface area contributed by atoms with Gasteiger partial charge in [0.25, 0.3) is 5.91 Å². The maximum atomic E-state index is 13.6. The standard InChI is InChI=1S/C11H7F2N3O3S/c12-7-4-9(16(18)19)8(13)3-6(7)11(17)15-5-10-14-1-2-20-10/h1-4H,5H2,(H,15,17). The van der Waals surface area contributed by atoms with E-state index in [0.717, 1.165) is 0 Å². The van der Waals surface area contributed by atoms with E-state index in [4.69, 9.17) is 0 Å². The van der Waals surface area contributed by atoms with Crippen LogP contribution in [0.15, 0.2) is 23.7 Å². The summed E-state index contributed by atoms with van der Waals surface area (Å²) in [5.74, 6) is -3.29. The first-order valence-corrected chi connectivity index (χ1v) is 6.17. The van der Waals surface area contributed by atoms with Crippen molar-refractivity contribution in [3.63, 3.8) is 0 Å². The van der Waals surface area contributed by atoms with Gasteiger partial charge in [0.1, 0.15) is 10.8 Å². The molecule has 0 fully saturated rings. The monoisotopic (exact) mass is 299 g/mol. The second-order valence-corrected chi connectivity index (χ2v) is 4.63. The lowest BCUT2D eigenvalue weighted by molar-refractivity contribution is -0.387. The molecule has 20 heavy (non-hydrogen) atoms. The number of amides is 1. The molecule has 1 N–H and O–H groups in total. The van der Waals surface area contributed by atoms with Gasteiger partial charge in [0, 0.05) is 11.6 Å². The zero-order chi connectivity index (χ0) is 14.7. The Morgan fingerprint density at radius 1 is 1.40 bits per heavy atom. The lowest BCUT2D eigenvalue weighted by Gasteiger charge is -2.05. The fraction of sp³-hybridized carbons (Fsp3) is 0.0909. The number of rotatable bonds is 4. The Morgan fingerprint density at radius 3 is 2.75 bits per heavy atom. The number of carbonyl (C=O) groups excluding carboxylic acids is 1. The maximum absolute atomic E-state index is 13.6. The third kappa shape index (κ3) is 2.94. The lowest BCUT2D eigenvalue weighted by Crippen LogP contribution is -2.24. The molecule has 0 spiro atoms. The summed E-state index contributed by atoms with van der Waals surface area (Å²) < 4.78 is 26.9. The number of carbonyl (C=O) groups is 1. The summed E-state index contributed by atoms with van der Waals surface area (Å²) in [6, 6.07) is 0.887. The number of nitro benzene ring substituents is 1. The molecule has 2 aromatic rings. The van der Waals surface area contributed by atoms with E-state index in [1.807, 2.05) is 0 Å². The Hall–Kier alpha value is -2.42. The molecule has 104 valence electrons. The Balaban J connectivity index is 2.17. The van der Waals surface area contributed by atoms with Gasteiger partial charge in [-0.1, -0.05) is 0 Å². The molecular formula is C11H7F2N3O3S. The van der Waals surface area contributed by atoms with Crippen LogP contribution < -0.4 is 5.32 Å². The second kappa shape index (κ2) is 5.70. The fourth-order valence-corrected chi connectivity index (χ4v) is 2.00. The molecule has 0 bridgehead atoms. The average Bonchev–Trinajstić information content (AvgIpc) is 2.91. The number of aromatic nitrogens is 1. The third-order valence-electron chi connectivity index (χ3n) is 2.36. The molecule has 0 radical (unpaired) electrons. The minimum Gasteiger partial charge on any atom is -0.345 e. The van der Waals surface area contributed by atoms with Crippen molar-refractivity contribution < 1.29 is 18.5 Å². The molecule has 6 nitrogen and oxygen atoms in total. The molecule has 0 aliphatic carbocycles. The van der Waals surface area contributed by atoms with Crippen LogP contribution in [0, 0.1) is 21.7 Å². The Morgan fingerprint density at radius 2 is 2.15 bits per heavy atom.